The Labute approximate surface area is 147 Å². The molecule has 7 heteroatoms. The standard InChI is InChI=1S/C17H15BrN2O4/c1-23-12-4-2-3-10(7-12)13-9-16(24-20-13)17(22)19-14-8-11(18)5-6-15(14)21/h2-8,16,21H,9H2,1H3,(H,19,22)/t16-/m1/s1. The number of hydrogen-bond acceptors (Lipinski definition) is 5. The van der Waals surface area contributed by atoms with Crippen LogP contribution in [0, 0.1) is 0 Å². The van der Waals surface area contributed by atoms with Gasteiger partial charge in [-0.2, -0.15) is 0 Å². The van der Waals surface area contributed by atoms with E-state index >= 15 is 0 Å². The summed E-state index contributed by atoms with van der Waals surface area (Å²) in [5.41, 5.74) is 1.83. The molecule has 1 aliphatic rings. The Bertz CT molecular complexity index is 807. The summed E-state index contributed by atoms with van der Waals surface area (Å²) < 4.78 is 5.93. The molecule has 1 aliphatic heterocycles. The summed E-state index contributed by atoms with van der Waals surface area (Å²) in [5.74, 6) is 0.325. The van der Waals surface area contributed by atoms with Crippen molar-refractivity contribution in [3.05, 3.63) is 52.5 Å². The number of phenols is 1. The van der Waals surface area contributed by atoms with Crippen LogP contribution in [-0.2, 0) is 9.63 Å². The van der Waals surface area contributed by atoms with Gasteiger partial charge in [0.05, 0.1) is 18.5 Å². The quantitative estimate of drug-likeness (QED) is 0.784. The van der Waals surface area contributed by atoms with E-state index in [0.717, 1.165) is 10.0 Å². The van der Waals surface area contributed by atoms with Crippen molar-refractivity contribution in [2.75, 3.05) is 12.4 Å². The summed E-state index contributed by atoms with van der Waals surface area (Å²) in [7, 11) is 1.59. The lowest BCUT2D eigenvalue weighted by atomic mass is 10.0. The minimum Gasteiger partial charge on any atom is -0.506 e. The first kappa shape index (κ1) is 16.3. The van der Waals surface area contributed by atoms with Crippen molar-refractivity contribution in [1.29, 1.82) is 0 Å². The fourth-order valence-electron chi connectivity index (χ4n) is 2.31. The van der Waals surface area contributed by atoms with Crippen molar-refractivity contribution < 1.29 is 19.5 Å². The summed E-state index contributed by atoms with van der Waals surface area (Å²) in [4.78, 5) is 17.6. The fourth-order valence-corrected chi connectivity index (χ4v) is 2.67. The highest BCUT2D eigenvalue weighted by Crippen LogP contribution is 2.28. The maximum Gasteiger partial charge on any atom is 0.268 e. The topological polar surface area (TPSA) is 80.2 Å². The monoisotopic (exact) mass is 390 g/mol. The van der Waals surface area contributed by atoms with Gasteiger partial charge in [-0.05, 0) is 30.3 Å². The minimum atomic E-state index is -0.746. The number of amides is 1. The third-order valence-electron chi connectivity index (χ3n) is 3.58. The van der Waals surface area contributed by atoms with Gasteiger partial charge in [0.25, 0.3) is 5.91 Å². The van der Waals surface area contributed by atoms with E-state index in [-0.39, 0.29) is 11.7 Å². The summed E-state index contributed by atoms with van der Waals surface area (Å²) >= 11 is 3.30. The van der Waals surface area contributed by atoms with Gasteiger partial charge in [0.1, 0.15) is 11.5 Å². The summed E-state index contributed by atoms with van der Waals surface area (Å²) in [6.45, 7) is 0. The molecule has 24 heavy (non-hydrogen) atoms. The molecule has 2 N–H and O–H groups in total. The molecular formula is C17H15BrN2O4. The highest BCUT2D eigenvalue weighted by molar-refractivity contribution is 9.10. The largest absolute Gasteiger partial charge is 0.506 e. The zero-order valence-electron chi connectivity index (χ0n) is 12.8. The molecule has 0 spiro atoms. The molecule has 0 unspecified atom stereocenters. The molecule has 0 saturated carbocycles. The highest BCUT2D eigenvalue weighted by atomic mass is 79.9. The molecule has 1 amide bonds. The van der Waals surface area contributed by atoms with Crippen LogP contribution in [0.3, 0.4) is 0 Å². The molecular weight excluding hydrogens is 376 g/mol. The molecule has 0 aliphatic carbocycles. The van der Waals surface area contributed by atoms with Crippen LogP contribution in [0.4, 0.5) is 5.69 Å². The molecule has 0 bridgehead atoms. The zero-order chi connectivity index (χ0) is 17.1. The molecule has 2 aromatic carbocycles. The zero-order valence-corrected chi connectivity index (χ0v) is 14.4. The molecule has 6 nitrogen and oxygen atoms in total. The number of ether oxygens (including phenoxy) is 1. The Kier molecular flexibility index (Phi) is 4.71. The average molecular weight is 391 g/mol. The van der Waals surface area contributed by atoms with E-state index in [2.05, 4.69) is 26.4 Å². The predicted molar refractivity (Wildman–Crippen MR) is 93.5 cm³/mol. The Morgan fingerprint density at radius 3 is 3.00 bits per heavy atom. The smallest absolute Gasteiger partial charge is 0.268 e. The maximum atomic E-state index is 12.3. The third kappa shape index (κ3) is 3.51. The van der Waals surface area contributed by atoms with Gasteiger partial charge in [-0.3, -0.25) is 4.79 Å². The Morgan fingerprint density at radius 1 is 1.38 bits per heavy atom. The number of nitrogens with one attached hydrogen (secondary N) is 1. The van der Waals surface area contributed by atoms with Crippen LogP contribution < -0.4 is 10.1 Å². The van der Waals surface area contributed by atoms with E-state index in [1.807, 2.05) is 24.3 Å². The fraction of sp³-hybridized carbons (Fsp3) is 0.176. The van der Waals surface area contributed by atoms with Crippen LogP contribution in [0.2, 0.25) is 0 Å². The number of hydrogen-bond donors (Lipinski definition) is 2. The van der Waals surface area contributed by atoms with Crippen LogP contribution in [0.15, 0.2) is 52.1 Å². The first-order valence-corrected chi connectivity index (χ1v) is 8.02. The molecule has 0 radical (unpaired) electrons. The second kappa shape index (κ2) is 6.92. The lowest BCUT2D eigenvalue weighted by molar-refractivity contribution is -0.125. The van der Waals surface area contributed by atoms with Gasteiger partial charge < -0.3 is 20.0 Å². The number of halogens is 1. The van der Waals surface area contributed by atoms with Gasteiger partial charge >= 0.3 is 0 Å². The molecule has 0 fully saturated rings. The molecule has 1 heterocycles. The Hall–Kier alpha value is -2.54. The van der Waals surface area contributed by atoms with Gasteiger partial charge in [-0.15, -0.1) is 0 Å². The van der Waals surface area contributed by atoms with E-state index < -0.39 is 6.10 Å². The number of methoxy groups -OCH3 is 1. The molecule has 3 rings (SSSR count). The number of carbonyl (C=O) groups excluding carboxylic acids is 1. The first-order valence-electron chi connectivity index (χ1n) is 7.23. The van der Waals surface area contributed by atoms with E-state index in [1.54, 1.807) is 19.2 Å². The molecule has 0 saturated heterocycles. The van der Waals surface area contributed by atoms with Gasteiger partial charge in [0.2, 0.25) is 6.10 Å². The van der Waals surface area contributed by atoms with Gasteiger partial charge in [0.15, 0.2) is 0 Å². The van der Waals surface area contributed by atoms with Crippen molar-refractivity contribution >= 4 is 33.2 Å². The second-order valence-corrected chi connectivity index (χ2v) is 6.13. The number of aromatic hydroxyl groups is 1. The van der Waals surface area contributed by atoms with Crippen LogP contribution in [0.25, 0.3) is 0 Å². The Balaban J connectivity index is 1.68. The van der Waals surface area contributed by atoms with E-state index in [1.165, 1.54) is 6.07 Å². The number of carbonyl (C=O) groups is 1. The van der Waals surface area contributed by atoms with Gasteiger partial charge in [-0.1, -0.05) is 33.2 Å². The summed E-state index contributed by atoms with van der Waals surface area (Å²) in [5, 5.41) is 16.4. The number of oxime groups is 1. The summed E-state index contributed by atoms with van der Waals surface area (Å²) in [6, 6.07) is 12.2. The van der Waals surface area contributed by atoms with Crippen LogP contribution in [-0.4, -0.2) is 29.9 Å². The van der Waals surface area contributed by atoms with Crippen LogP contribution in [0.5, 0.6) is 11.5 Å². The van der Waals surface area contributed by atoms with Crippen LogP contribution in [0.1, 0.15) is 12.0 Å². The van der Waals surface area contributed by atoms with Crippen molar-refractivity contribution in [2.45, 2.75) is 12.5 Å². The lowest BCUT2D eigenvalue weighted by Crippen LogP contribution is -2.28. The van der Waals surface area contributed by atoms with Crippen molar-refractivity contribution in [3.63, 3.8) is 0 Å². The number of phenolic OH excluding ortho intramolecular Hbond substituents is 1. The molecule has 1 atom stereocenters. The Morgan fingerprint density at radius 2 is 2.21 bits per heavy atom. The van der Waals surface area contributed by atoms with Gasteiger partial charge in [-0.25, -0.2) is 0 Å². The van der Waals surface area contributed by atoms with E-state index in [9.17, 15) is 9.90 Å². The number of rotatable bonds is 4. The first-order chi connectivity index (χ1) is 11.6. The minimum absolute atomic E-state index is 0.0153. The predicted octanol–water partition coefficient (Wildman–Crippen LogP) is 3.30. The number of nitrogens with zero attached hydrogens (tertiary/aromatic N) is 1. The number of benzene rings is 2. The van der Waals surface area contributed by atoms with Gasteiger partial charge in [0, 0.05) is 16.5 Å². The van der Waals surface area contributed by atoms with Crippen molar-refractivity contribution in [3.8, 4) is 11.5 Å². The number of anilines is 1. The second-order valence-electron chi connectivity index (χ2n) is 5.22. The van der Waals surface area contributed by atoms with Crippen LogP contribution >= 0.6 is 15.9 Å². The van der Waals surface area contributed by atoms with Crippen molar-refractivity contribution in [1.82, 2.24) is 0 Å². The average Bonchev–Trinajstić information content (AvgIpc) is 3.08. The molecule has 0 aromatic heterocycles. The maximum absolute atomic E-state index is 12.3. The van der Waals surface area contributed by atoms with Crippen molar-refractivity contribution in [2.24, 2.45) is 5.16 Å². The SMILES string of the molecule is COc1cccc(C2=NO[C@@H](C(=O)Nc3cc(Br)ccc3O)C2)c1. The summed E-state index contributed by atoms with van der Waals surface area (Å²) in [6.07, 6.45) is -0.405. The molecule has 124 valence electrons. The third-order valence-corrected chi connectivity index (χ3v) is 4.07. The van der Waals surface area contributed by atoms with E-state index in [0.29, 0.717) is 23.6 Å². The normalized spacial score (nSPS) is 16.2. The van der Waals surface area contributed by atoms with E-state index in [4.69, 9.17) is 9.57 Å². The highest BCUT2D eigenvalue weighted by Gasteiger charge is 2.29. The lowest BCUT2D eigenvalue weighted by Gasteiger charge is -2.11. The molecule has 2 aromatic rings.